The Hall–Kier alpha value is -2.03. The average Bonchev–Trinajstić information content (AvgIpc) is 3.45. The first-order chi connectivity index (χ1) is 14.1. The van der Waals surface area contributed by atoms with Crippen LogP contribution in [-0.4, -0.2) is 43.7 Å². The van der Waals surface area contributed by atoms with Gasteiger partial charge in [0.05, 0.1) is 25.0 Å². The smallest absolute Gasteiger partial charge is 0.225 e. The van der Waals surface area contributed by atoms with E-state index >= 15 is 0 Å². The molecule has 1 saturated heterocycles. The summed E-state index contributed by atoms with van der Waals surface area (Å²) in [7, 11) is 1.89. The maximum Gasteiger partial charge on any atom is 0.225 e. The fourth-order valence-electron chi connectivity index (χ4n) is 5.62. The van der Waals surface area contributed by atoms with Crippen LogP contribution in [0, 0.1) is 0 Å². The van der Waals surface area contributed by atoms with Crippen molar-refractivity contribution < 1.29 is 14.0 Å². The van der Waals surface area contributed by atoms with Crippen molar-refractivity contribution in [2.75, 3.05) is 13.2 Å². The van der Waals surface area contributed by atoms with E-state index in [2.05, 4.69) is 20.1 Å². The van der Waals surface area contributed by atoms with Crippen LogP contribution in [0.5, 0.6) is 0 Å². The van der Waals surface area contributed by atoms with Gasteiger partial charge in [-0.05, 0) is 43.7 Å². The molecular formula is C20H22ClN5O3. The van der Waals surface area contributed by atoms with Gasteiger partial charge in [-0.25, -0.2) is 9.97 Å². The van der Waals surface area contributed by atoms with Crippen LogP contribution in [0.1, 0.15) is 49.8 Å². The highest BCUT2D eigenvalue weighted by molar-refractivity contribution is 6.28. The Labute approximate surface area is 172 Å². The second-order valence-corrected chi connectivity index (χ2v) is 8.64. The Bertz CT molecular complexity index is 1100. The van der Waals surface area contributed by atoms with Crippen LogP contribution in [-0.2, 0) is 28.4 Å². The lowest BCUT2D eigenvalue weighted by Crippen LogP contribution is -2.56. The van der Waals surface area contributed by atoms with Crippen LogP contribution < -0.4 is 0 Å². The van der Waals surface area contributed by atoms with E-state index in [9.17, 15) is 0 Å². The van der Waals surface area contributed by atoms with Crippen molar-refractivity contribution in [2.24, 2.45) is 7.05 Å². The summed E-state index contributed by atoms with van der Waals surface area (Å²) in [6, 6.07) is 0. The topological polar surface area (TPSA) is 88.1 Å². The number of hydrogen-bond donors (Lipinski definition) is 0. The summed E-state index contributed by atoms with van der Waals surface area (Å²) in [4.78, 5) is 13.3. The molecule has 0 N–H and O–H groups in total. The summed E-state index contributed by atoms with van der Waals surface area (Å²) >= 11 is 6.23. The predicted octanol–water partition coefficient (Wildman–Crippen LogP) is 3.56. The Morgan fingerprint density at radius 2 is 1.83 bits per heavy atom. The minimum absolute atomic E-state index is 0.176. The molecule has 4 heterocycles. The Morgan fingerprint density at radius 3 is 2.69 bits per heavy atom. The van der Waals surface area contributed by atoms with Crippen molar-refractivity contribution in [3.8, 4) is 11.4 Å². The number of hydrogen-bond acceptors (Lipinski definition) is 7. The fourth-order valence-corrected chi connectivity index (χ4v) is 5.79. The standard InChI is InChI=1S/C20H22ClN5O3/c1-26-11-22-15-14(23-18(21)24-17(15)26)13-12-5-4-7-19(16(12)29-25-13)6-2-3-8-20(19)27-9-10-28-20/h11H,2-10H2,1H3/t19-/m0/s1. The zero-order valence-corrected chi connectivity index (χ0v) is 17.0. The molecule has 2 fully saturated rings. The molecule has 0 bridgehead atoms. The van der Waals surface area contributed by atoms with Gasteiger partial charge in [0.2, 0.25) is 5.28 Å². The molecule has 8 nitrogen and oxygen atoms in total. The summed E-state index contributed by atoms with van der Waals surface area (Å²) in [6.07, 6.45) is 8.72. The molecule has 0 unspecified atom stereocenters. The van der Waals surface area contributed by atoms with E-state index in [1.807, 2.05) is 11.6 Å². The number of ether oxygens (including phenoxy) is 2. The Morgan fingerprint density at radius 1 is 1.03 bits per heavy atom. The summed E-state index contributed by atoms with van der Waals surface area (Å²) in [6.45, 7) is 1.27. The van der Waals surface area contributed by atoms with Crippen LogP contribution in [0.3, 0.4) is 0 Å². The van der Waals surface area contributed by atoms with E-state index in [-0.39, 0.29) is 10.7 Å². The molecule has 29 heavy (non-hydrogen) atoms. The number of halogens is 1. The maximum absolute atomic E-state index is 6.27. The molecule has 3 aliphatic rings. The van der Waals surface area contributed by atoms with Gasteiger partial charge >= 0.3 is 0 Å². The monoisotopic (exact) mass is 415 g/mol. The van der Waals surface area contributed by atoms with Gasteiger partial charge in [0.15, 0.2) is 17.2 Å². The molecule has 3 aromatic heterocycles. The Balaban J connectivity index is 1.55. The van der Waals surface area contributed by atoms with Gasteiger partial charge in [0.1, 0.15) is 16.9 Å². The van der Waals surface area contributed by atoms with Gasteiger partial charge in [-0.3, -0.25) is 0 Å². The van der Waals surface area contributed by atoms with Crippen molar-refractivity contribution in [1.29, 1.82) is 0 Å². The molecule has 2 aliphatic carbocycles. The van der Waals surface area contributed by atoms with Gasteiger partial charge in [-0.1, -0.05) is 11.6 Å². The van der Waals surface area contributed by atoms with Gasteiger partial charge in [-0.2, -0.15) is 4.98 Å². The molecule has 0 amide bonds. The Kier molecular flexibility index (Phi) is 3.82. The maximum atomic E-state index is 6.27. The number of aromatic nitrogens is 5. The summed E-state index contributed by atoms with van der Waals surface area (Å²) in [5.41, 5.74) is 3.49. The van der Waals surface area contributed by atoms with Crippen molar-refractivity contribution >= 4 is 22.8 Å². The molecule has 1 saturated carbocycles. The zero-order valence-electron chi connectivity index (χ0n) is 16.3. The van der Waals surface area contributed by atoms with Crippen LogP contribution in [0.15, 0.2) is 10.9 Å². The van der Waals surface area contributed by atoms with Gasteiger partial charge in [-0.15, -0.1) is 0 Å². The first-order valence-electron chi connectivity index (χ1n) is 10.3. The number of imidazole rings is 1. The van der Waals surface area contributed by atoms with E-state index in [1.54, 1.807) is 6.33 Å². The average molecular weight is 416 g/mol. The quantitative estimate of drug-likeness (QED) is 0.561. The van der Waals surface area contributed by atoms with Gasteiger partial charge in [0.25, 0.3) is 0 Å². The lowest BCUT2D eigenvalue weighted by atomic mass is 9.61. The summed E-state index contributed by atoms with van der Waals surface area (Å²) < 4.78 is 20.4. The van der Waals surface area contributed by atoms with E-state index < -0.39 is 5.79 Å². The molecule has 1 aliphatic heterocycles. The van der Waals surface area contributed by atoms with Crippen LogP contribution in [0.2, 0.25) is 5.28 Å². The molecule has 1 atom stereocenters. The third-order valence-corrected chi connectivity index (χ3v) is 7.02. The first kappa shape index (κ1) is 17.8. The van der Waals surface area contributed by atoms with Crippen molar-refractivity contribution in [2.45, 2.75) is 56.1 Å². The highest BCUT2D eigenvalue weighted by Crippen LogP contribution is 2.57. The second-order valence-electron chi connectivity index (χ2n) is 8.30. The SMILES string of the molecule is Cn1cnc2c(-c3noc4c3CCC[C@@]43CCCCC34OCCO4)nc(Cl)nc21. The summed E-state index contributed by atoms with van der Waals surface area (Å²) in [5, 5.41) is 4.66. The molecule has 0 radical (unpaired) electrons. The molecule has 3 aromatic rings. The van der Waals surface area contributed by atoms with Crippen LogP contribution in [0.25, 0.3) is 22.6 Å². The van der Waals surface area contributed by atoms with E-state index in [0.29, 0.717) is 35.8 Å². The van der Waals surface area contributed by atoms with Crippen LogP contribution >= 0.6 is 11.6 Å². The van der Waals surface area contributed by atoms with Crippen molar-refractivity contribution in [3.63, 3.8) is 0 Å². The normalized spacial score (nSPS) is 25.9. The van der Waals surface area contributed by atoms with Crippen molar-refractivity contribution in [3.05, 3.63) is 22.9 Å². The molecule has 152 valence electrons. The first-order valence-corrected chi connectivity index (χ1v) is 10.6. The van der Waals surface area contributed by atoms with E-state index in [0.717, 1.165) is 56.3 Å². The molecule has 0 aromatic carbocycles. The minimum atomic E-state index is -0.596. The predicted molar refractivity (Wildman–Crippen MR) is 105 cm³/mol. The number of aryl methyl sites for hydroxylation is 1. The highest BCUT2D eigenvalue weighted by atomic mass is 35.5. The molecule has 2 spiro atoms. The molecule has 9 heteroatoms. The summed E-state index contributed by atoms with van der Waals surface area (Å²) in [5.74, 6) is 0.306. The number of fused-ring (bicyclic) bond motifs is 4. The van der Waals surface area contributed by atoms with E-state index in [1.165, 1.54) is 0 Å². The molecule has 6 rings (SSSR count). The van der Waals surface area contributed by atoms with Gasteiger partial charge in [0, 0.05) is 19.0 Å². The van der Waals surface area contributed by atoms with Crippen molar-refractivity contribution in [1.82, 2.24) is 24.7 Å². The zero-order chi connectivity index (χ0) is 19.6. The highest BCUT2D eigenvalue weighted by Gasteiger charge is 2.61. The molecular weight excluding hydrogens is 394 g/mol. The lowest BCUT2D eigenvalue weighted by Gasteiger charge is -2.50. The largest absolute Gasteiger partial charge is 0.360 e. The number of nitrogens with zero attached hydrogens (tertiary/aromatic N) is 5. The third kappa shape index (κ3) is 2.33. The second kappa shape index (κ2) is 6.23. The van der Waals surface area contributed by atoms with Crippen LogP contribution in [0.4, 0.5) is 0 Å². The fraction of sp³-hybridized carbons (Fsp3) is 0.600. The van der Waals surface area contributed by atoms with E-state index in [4.69, 9.17) is 25.6 Å². The lowest BCUT2D eigenvalue weighted by molar-refractivity contribution is -0.235. The number of rotatable bonds is 1. The van der Waals surface area contributed by atoms with Gasteiger partial charge < -0.3 is 18.6 Å². The minimum Gasteiger partial charge on any atom is -0.360 e. The third-order valence-electron chi connectivity index (χ3n) is 6.85.